The summed E-state index contributed by atoms with van der Waals surface area (Å²) >= 11 is 0. The number of hydrogen-bond acceptors (Lipinski definition) is 3. The van der Waals surface area contributed by atoms with Crippen molar-refractivity contribution in [2.45, 2.75) is 58.8 Å². The van der Waals surface area contributed by atoms with Crippen LogP contribution >= 0.6 is 0 Å². The van der Waals surface area contributed by atoms with Gasteiger partial charge in [-0.25, -0.2) is 0 Å². The predicted octanol–water partition coefficient (Wildman–Crippen LogP) is 3.62. The zero-order valence-electron chi connectivity index (χ0n) is 14.8. The molecule has 1 N–H and O–H groups in total. The van der Waals surface area contributed by atoms with Crippen molar-refractivity contribution in [3.8, 4) is 0 Å². The first kappa shape index (κ1) is 16.3. The van der Waals surface area contributed by atoms with Crippen LogP contribution in [0.1, 0.15) is 58.8 Å². The maximum atomic E-state index is 12.2. The largest absolute Gasteiger partial charge is 0.389 e. The number of Topliss-reactive ketones (excluding diaryl/α,β-unsaturated/α-hetero) is 1. The summed E-state index contributed by atoms with van der Waals surface area (Å²) in [5.74, 6) is 1.44. The predicted molar refractivity (Wildman–Crippen MR) is 92.3 cm³/mol. The molecular weight excluding hydrogens is 300 g/mol. The van der Waals surface area contributed by atoms with Crippen LogP contribution in [0.4, 0.5) is 0 Å². The van der Waals surface area contributed by atoms with Gasteiger partial charge in [0.25, 0.3) is 0 Å². The molecule has 0 aromatic rings. The van der Waals surface area contributed by atoms with Gasteiger partial charge < -0.3 is 5.11 Å². The van der Waals surface area contributed by atoms with Crippen LogP contribution in [0.25, 0.3) is 0 Å². The second-order valence-electron chi connectivity index (χ2n) is 8.84. The molecular formula is C21H28O3. The summed E-state index contributed by atoms with van der Waals surface area (Å²) in [4.78, 5) is 24.1. The molecule has 4 aliphatic carbocycles. The number of fused-ring (bicyclic) bond motifs is 5. The standard InChI is InChI=1S/C21H28O3/c1-20-9-7-14(23)11-13(20)3-4-15-16-5-6-18(19(24)12-22)21(16,2)10-8-17(15)20/h8,11,15-16,18,22H,3-7,9-10,12H2,1-2H3. The van der Waals surface area contributed by atoms with Gasteiger partial charge in [-0.15, -0.1) is 0 Å². The van der Waals surface area contributed by atoms with Gasteiger partial charge in [0.1, 0.15) is 6.61 Å². The average Bonchev–Trinajstić information content (AvgIpc) is 2.92. The third kappa shape index (κ3) is 2.06. The number of aliphatic hydroxyl groups excluding tert-OH is 1. The number of aliphatic hydroxyl groups is 1. The molecule has 4 rings (SSSR count). The minimum atomic E-state index is -0.319. The van der Waals surface area contributed by atoms with E-state index >= 15 is 0 Å². The van der Waals surface area contributed by atoms with Crippen LogP contribution in [0.15, 0.2) is 23.3 Å². The van der Waals surface area contributed by atoms with E-state index in [4.69, 9.17) is 0 Å². The molecule has 4 aliphatic rings. The van der Waals surface area contributed by atoms with E-state index in [2.05, 4.69) is 19.9 Å². The normalized spacial score (nSPS) is 44.1. The Morgan fingerprint density at radius 2 is 2.04 bits per heavy atom. The third-order valence-electron chi connectivity index (χ3n) is 7.88. The van der Waals surface area contributed by atoms with Crippen LogP contribution in [0.2, 0.25) is 0 Å². The van der Waals surface area contributed by atoms with Gasteiger partial charge in [0.15, 0.2) is 11.6 Å². The first-order chi connectivity index (χ1) is 11.4. The summed E-state index contributed by atoms with van der Waals surface area (Å²) < 4.78 is 0. The summed E-state index contributed by atoms with van der Waals surface area (Å²) in [7, 11) is 0. The van der Waals surface area contributed by atoms with E-state index in [0.717, 1.165) is 38.5 Å². The Hall–Kier alpha value is -1.22. The minimum absolute atomic E-state index is 0.00996. The highest BCUT2D eigenvalue weighted by Crippen LogP contribution is 2.64. The number of carbonyl (C=O) groups excluding carboxylic acids is 2. The maximum Gasteiger partial charge on any atom is 0.161 e. The lowest BCUT2D eigenvalue weighted by atomic mass is 9.51. The molecule has 2 saturated carbocycles. The Morgan fingerprint density at radius 3 is 2.79 bits per heavy atom. The number of rotatable bonds is 2. The Bertz CT molecular complexity index is 658. The number of hydrogen-bond donors (Lipinski definition) is 1. The zero-order chi connectivity index (χ0) is 17.1. The van der Waals surface area contributed by atoms with Crippen LogP contribution in [0.3, 0.4) is 0 Å². The molecule has 0 amide bonds. The van der Waals surface area contributed by atoms with Gasteiger partial charge in [-0.05, 0) is 61.9 Å². The molecule has 0 saturated heterocycles. The minimum Gasteiger partial charge on any atom is -0.389 e. The lowest BCUT2D eigenvalue weighted by Crippen LogP contribution is -2.45. The van der Waals surface area contributed by atoms with Gasteiger partial charge in [-0.2, -0.15) is 0 Å². The fraction of sp³-hybridized carbons (Fsp3) is 0.714. The summed E-state index contributed by atoms with van der Waals surface area (Å²) in [5, 5.41) is 9.35. The Balaban J connectivity index is 1.72. The van der Waals surface area contributed by atoms with Crippen LogP contribution < -0.4 is 0 Å². The SMILES string of the molecule is CC12CCC(=O)C=C1CCC1C2=CCC2(C)C(C(=O)CO)CCC12. The van der Waals surface area contributed by atoms with Crippen LogP contribution in [0.5, 0.6) is 0 Å². The molecule has 0 aromatic carbocycles. The second-order valence-corrected chi connectivity index (χ2v) is 8.84. The van der Waals surface area contributed by atoms with E-state index < -0.39 is 0 Å². The van der Waals surface area contributed by atoms with Gasteiger partial charge in [0, 0.05) is 17.8 Å². The van der Waals surface area contributed by atoms with Gasteiger partial charge >= 0.3 is 0 Å². The molecule has 0 radical (unpaired) electrons. The van der Waals surface area contributed by atoms with Crippen molar-refractivity contribution in [2.75, 3.05) is 6.61 Å². The first-order valence-electron chi connectivity index (χ1n) is 9.48. The van der Waals surface area contributed by atoms with Gasteiger partial charge in [0.05, 0.1) is 0 Å². The third-order valence-corrected chi connectivity index (χ3v) is 7.88. The quantitative estimate of drug-likeness (QED) is 0.788. The molecule has 0 aromatic heterocycles. The Morgan fingerprint density at radius 1 is 1.25 bits per heavy atom. The van der Waals surface area contributed by atoms with E-state index in [9.17, 15) is 14.7 Å². The zero-order valence-corrected chi connectivity index (χ0v) is 14.8. The van der Waals surface area contributed by atoms with Gasteiger partial charge in [0.2, 0.25) is 0 Å². The lowest BCUT2D eigenvalue weighted by molar-refractivity contribution is -0.129. The molecule has 0 aliphatic heterocycles. The number of ketones is 2. The smallest absolute Gasteiger partial charge is 0.161 e. The second kappa shape index (κ2) is 5.39. The Kier molecular flexibility index (Phi) is 3.65. The summed E-state index contributed by atoms with van der Waals surface area (Å²) in [6, 6.07) is 0. The van der Waals surface area contributed by atoms with Crippen LogP contribution in [-0.4, -0.2) is 23.3 Å². The fourth-order valence-electron chi connectivity index (χ4n) is 6.49. The Labute approximate surface area is 144 Å². The summed E-state index contributed by atoms with van der Waals surface area (Å²) in [5.41, 5.74) is 2.96. The van der Waals surface area contributed by atoms with Gasteiger partial charge in [-0.3, -0.25) is 9.59 Å². The summed E-state index contributed by atoms with van der Waals surface area (Å²) in [6.07, 6.45) is 11.0. The van der Waals surface area contributed by atoms with Crippen LogP contribution in [-0.2, 0) is 9.59 Å². The highest BCUT2D eigenvalue weighted by Gasteiger charge is 2.57. The van der Waals surface area contributed by atoms with E-state index in [1.807, 2.05) is 6.08 Å². The molecule has 3 nitrogen and oxygen atoms in total. The molecule has 5 atom stereocenters. The highest BCUT2D eigenvalue weighted by atomic mass is 16.3. The topological polar surface area (TPSA) is 54.4 Å². The lowest BCUT2D eigenvalue weighted by Gasteiger charge is -2.53. The molecule has 0 bridgehead atoms. The van der Waals surface area contributed by atoms with Gasteiger partial charge in [-0.1, -0.05) is 31.1 Å². The van der Waals surface area contributed by atoms with Crippen molar-refractivity contribution in [2.24, 2.45) is 28.6 Å². The monoisotopic (exact) mass is 328 g/mol. The van der Waals surface area contributed by atoms with Crippen molar-refractivity contribution in [3.63, 3.8) is 0 Å². The molecule has 0 heterocycles. The molecule has 130 valence electrons. The number of allylic oxidation sites excluding steroid dienone is 4. The first-order valence-corrected chi connectivity index (χ1v) is 9.48. The molecule has 0 spiro atoms. The van der Waals surface area contributed by atoms with Crippen molar-refractivity contribution < 1.29 is 14.7 Å². The maximum absolute atomic E-state index is 12.2. The van der Waals surface area contributed by atoms with Crippen molar-refractivity contribution >= 4 is 11.6 Å². The molecule has 5 unspecified atom stereocenters. The fourth-order valence-corrected chi connectivity index (χ4v) is 6.49. The number of carbonyl (C=O) groups is 2. The molecule has 24 heavy (non-hydrogen) atoms. The van der Waals surface area contributed by atoms with Crippen molar-refractivity contribution in [1.82, 2.24) is 0 Å². The van der Waals surface area contributed by atoms with E-state index in [1.54, 1.807) is 5.57 Å². The van der Waals surface area contributed by atoms with E-state index in [0.29, 0.717) is 18.3 Å². The van der Waals surface area contributed by atoms with E-state index in [-0.39, 0.29) is 34.9 Å². The van der Waals surface area contributed by atoms with E-state index in [1.165, 1.54) is 5.57 Å². The summed E-state index contributed by atoms with van der Waals surface area (Å²) in [6.45, 7) is 4.28. The highest BCUT2D eigenvalue weighted by molar-refractivity contribution is 5.92. The average molecular weight is 328 g/mol. The molecule has 3 heteroatoms. The van der Waals surface area contributed by atoms with Crippen molar-refractivity contribution in [3.05, 3.63) is 23.3 Å². The van der Waals surface area contributed by atoms with Crippen LogP contribution in [0, 0.1) is 28.6 Å². The van der Waals surface area contributed by atoms with Crippen molar-refractivity contribution in [1.29, 1.82) is 0 Å². The molecule has 2 fully saturated rings.